The Morgan fingerprint density at radius 1 is 1.20 bits per heavy atom. The summed E-state index contributed by atoms with van der Waals surface area (Å²) in [5.74, 6) is 0.169. The Kier molecular flexibility index (Phi) is 7.47. The first kappa shape index (κ1) is 19.9. The predicted molar refractivity (Wildman–Crippen MR) is 109 cm³/mol. The third kappa shape index (κ3) is 5.83. The topological polar surface area (TPSA) is 52.6 Å². The molecule has 0 aliphatic heterocycles. The molecule has 0 aliphatic rings. The second kappa shape index (κ2) is 9.36. The highest BCUT2D eigenvalue weighted by Crippen LogP contribution is 2.32. The zero-order valence-electron chi connectivity index (χ0n) is 14.4. The highest BCUT2D eigenvalue weighted by atomic mass is 79.9. The lowest BCUT2D eigenvalue weighted by atomic mass is 10.2. The summed E-state index contributed by atoms with van der Waals surface area (Å²) < 4.78 is 1.69. The van der Waals surface area contributed by atoms with Gasteiger partial charge in [0.25, 0.3) is 0 Å². The number of para-hydroxylation sites is 1. The van der Waals surface area contributed by atoms with Crippen molar-refractivity contribution in [3.05, 3.63) is 56.5 Å². The van der Waals surface area contributed by atoms with Crippen LogP contribution in [0.25, 0.3) is 0 Å². The lowest BCUT2D eigenvalue weighted by Crippen LogP contribution is -2.33. The molecule has 6 heteroatoms. The smallest absolute Gasteiger partial charge is 0.238 e. The van der Waals surface area contributed by atoms with Crippen LogP contribution in [-0.2, 0) is 11.3 Å². The standard InChI is InChI=1S/C19H22Br2N2O2/c1-3-8-23(11-14-6-4-5-7-17(14)24)12-18(25)22-19-15(20)9-13(2)10-16(19)21/h4-7,9-10,24H,3,8,11-12H2,1-2H3,(H,22,25). The van der Waals surface area contributed by atoms with E-state index in [1.54, 1.807) is 12.1 Å². The van der Waals surface area contributed by atoms with Gasteiger partial charge < -0.3 is 10.4 Å². The van der Waals surface area contributed by atoms with E-state index in [0.717, 1.165) is 38.7 Å². The van der Waals surface area contributed by atoms with Crippen LogP contribution in [0.2, 0.25) is 0 Å². The Balaban J connectivity index is 2.07. The molecule has 0 saturated heterocycles. The van der Waals surface area contributed by atoms with Gasteiger partial charge in [0.15, 0.2) is 0 Å². The number of aryl methyl sites for hydroxylation is 1. The molecule has 0 unspecified atom stereocenters. The van der Waals surface area contributed by atoms with E-state index in [2.05, 4.69) is 44.1 Å². The number of aromatic hydroxyl groups is 1. The number of amides is 1. The van der Waals surface area contributed by atoms with Gasteiger partial charge in [0, 0.05) is 21.1 Å². The first-order valence-corrected chi connectivity index (χ1v) is 9.74. The molecular weight excluding hydrogens is 448 g/mol. The van der Waals surface area contributed by atoms with E-state index < -0.39 is 0 Å². The Morgan fingerprint density at radius 2 is 1.84 bits per heavy atom. The number of phenols is 1. The van der Waals surface area contributed by atoms with Crippen LogP contribution in [0.3, 0.4) is 0 Å². The van der Waals surface area contributed by atoms with Gasteiger partial charge in [0.2, 0.25) is 5.91 Å². The van der Waals surface area contributed by atoms with E-state index in [1.807, 2.05) is 36.1 Å². The normalized spacial score (nSPS) is 10.9. The highest BCUT2D eigenvalue weighted by Gasteiger charge is 2.15. The minimum absolute atomic E-state index is 0.0888. The van der Waals surface area contributed by atoms with Crippen molar-refractivity contribution in [2.24, 2.45) is 0 Å². The molecule has 0 spiro atoms. The molecule has 4 nitrogen and oxygen atoms in total. The minimum Gasteiger partial charge on any atom is -0.508 e. The summed E-state index contributed by atoms with van der Waals surface area (Å²) in [6.07, 6.45) is 0.929. The summed E-state index contributed by atoms with van der Waals surface area (Å²) >= 11 is 6.99. The van der Waals surface area contributed by atoms with Crippen molar-refractivity contribution in [1.82, 2.24) is 4.90 Å². The van der Waals surface area contributed by atoms with Crippen LogP contribution >= 0.6 is 31.9 Å². The maximum absolute atomic E-state index is 12.5. The lowest BCUT2D eigenvalue weighted by Gasteiger charge is -2.22. The molecule has 2 aromatic rings. The fraction of sp³-hybridized carbons (Fsp3) is 0.316. The van der Waals surface area contributed by atoms with E-state index in [0.29, 0.717) is 6.54 Å². The number of phenolic OH excluding ortho intramolecular Hbond substituents is 1. The molecule has 2 N–H and O–H groups in total. The number of carbonyl (C=O) groups is 1. The van der Waals surface area contributed by atoms with Gasteiger partial charge in [-0.1, -0.05) is 25.1 Å². The van der Waals surface area contributed by atoms with Crippen LogP contribution in [0.15, 0.2) is 45.3 Å². The maximum atomic E-state index is 12.5. The molecule has 0 radical (unpaired) electrons. The number of halogens is 2. The largest absolute Gasteiger partial charge is 0.508 e. The molecule has 0 aliphatic carbocycles. The van der Waals surface area contributed by atoms with Crippen LogP contribution in [0.5, 0.6) is 5.75 Å². The number of carbonyl (C=O) groups excluding carboxylic acids is 1. The van der Waals surface area contributed by atoms with Gasteiger partial charge in [-0.3, -0.25) is 9.69 Å². The molecule has 0 aromatic heterocycles. The van der Waals surface area contributed by atoms with Crippen molar-refractivity contribution < 1.29 is 9.90 Å². The first-order chi connectivity index (χ1) is 11.9. The van der Waals surface area contributed by atoms with Crippen LogP contribution in [0.1, 0.15) is 24.5 Å². The van der Waals surface area contributed by atoms with Gasteiger partial charge in [-0.05, 0) is 75.5 Å². The lowest BCUT2D eigenvalue weighted by molar-refractivity contribution is -0.117. The van der Waals surface area contributed by atoms with Gasteiger partial charge in [-0.15, -0.1) is 0 Å². The number of nitrogens with one attached hydrogen (secondary N) is 1. The van der Waals surface area contributed by atoms with Gasteiger partial charge in [0.1, 0.15) is 5.75 Å². The molecule has 0 fully saturated rings. The number of hydrogen-bond donors (Lipinski definition) is 2. The fourth-order valence-corrected chi connectivity index (χ4v) is 4.23. The number of anilines is 1. The quantitative estimate of drug-likeness (QED) is 0.594. The van der Waals surface area contributed by atoms with Gasteiger partial charge in [-0.25, -0.2) is 0 Å². The van der Waals surface area contributed by atoms with Crippen molar-refractivity contribution in [2.45, 2.75) is 26.8 Å². The summed E-state index contributed by atoms with van der Waals surface area (Å²) in [5, 5.41) is 12.9. The fourth-order valence-electron chi connectivity index (χ4n) is 2.62. The monoisotopic (exact) mass is 468 g/mol. The summed E-state index contributed by atoms with van der Waals surface area (Å²) in [5.41, 5.74) is 2.65. The molecule has 2 rings (SSSR count). The summed E-state index contributed by atoms with van der Waals surface area (Å²) in [7, 11) is 0. The van der Waals surface area contributed by atoms with Gasteiger partial charge >= 0.3 is 0 Å². The predicted octanol–water partition coefficient (Wildman–Crippen LogP) is 5.08. The van der Waals surface area contributed by atoms with Crippen molar-refractivity contribution in [3.63, 3.8) is 0 Å². The van der Waals surface area contributed by atoms with Crippen LogP contribution < -0.4 is 5.32 Å². The summed E-state index contributed by atoms with van der Waals surface area (Å²) in [4.78, 5) is 14.5. The average molecular weight is 470 g/mol. The Labute approximate surface area is 165 Å². The molecular formula is C19H22Br2N2O2. The van der Waals surface area contributed by atoms with E-state index in [9.17, 15) is 9.90 Å². The van der Waals surface area contributed by atoms with Crippen LogP contribution in [-0.4, -0.2) is 29.0 Å². The molecule has 0 heterocycles. The molecule has 0 bridgehead atoms. The second-order valence-electron chi connectivity index (χ2n) is 5.99. The van der Waals surface area contributed by atoms with E-state index in [4.69, 9.17) is 0 Å². The molecule has 0 saturated carbocycles. The molecule has 2 aromatic carbocycles. The Bertz CT molecular complexity index is 727. The minimum atomic E-state index is -0.0888. The molecule has 0 atom stereocenters. The summed E-state index contributed by atoms with van der Waals surface area (Å²) in [6, 6.07) is 11.2. The molecule has 1 amide bonds. The third-order valence-corrected chi connectivity index (χ3v) is 4.99. The maximum Gasteiger partial charge on any atom is 0.238 e. The van der Waals surface area contributed by atoms with E-state index >= 15 is 0 Å². The number of rotatable bonds is 7. The van der Waals surface area contributed by atoms with Crippen molar-refractivity contribution in [2.75, 3.05) is 18.4 Å². The Hall–Kier alpha value is -1.37. The number of nitrogens with zero attached hydrogens (tertiary/aromatic N) is 1. The average Bonchev–Trinajstić information content (AvgIpc) is 2.53. The van der Waals surface area contributed by atoms with Gasteiger partial charge in [-0.2, -0.15) is 0 Å². The van der Waals surface area contributed by atoms with Gasteiger partial charge in [0.05, 0.1) is 12.2 Å². The van der Waals surface area contributed by atoms with Crippen molar-refractivity contribution in [1.29, 1.82) is 0 Å². The third-order valence-electron chi connectivity index (χ3n) is 3.74. The highest BCUT2D eigenvalue weighted by molar-refractivity contribution is 9.11. The van der Waals surface area contributed by atoms with Crippen molar-refractivity contribution >= 4 is 43.5 Å². The zero-order chi connectivity index (χ0) is 18.4. The molecule has 134 valence electrons. The number of benzene rings is 2. The van der Waals surface area contributed by atoms with Crippen LogP contribution in [0, 0.1) is 6.92 Å². The number of hydrogen-bond acceptors (Lipinski definition) is 3. The van der Waals surface area contributed by atoms with E-state index in [-0.39, 0.29) is 18.2 Å². The first-order valence-electron chi connectivity index (χ1n) is 8.15. The second-order valence-corrected chi connectivity index (χ2v) is 7.70. The summed E-state index contributed by atoms with van der Waals surface area (Å²) in [6.45, 7) is 5.64. The SMILES string of the molecule is CCCN(CC(=O)Nc1c(Br)cc(C)cc1Br)Cc1ccccc1O. The van der Waals surface area contributed by atoms with E-state index in [1.165, 1.54) is 0 Å². The van der Waals surface area contributed by atoms with Crippen molar-refractivity contribution in [3.8, 4) is 5.75 Å². The van der Waals surface area contributed by atoms with Crippen LogP contribution in [0.4, 0.5) is 5.69 Å². The Morgan fingerprint density at radius 3 is 2.44 bits per heavy atom. The zero-order valence-corrected chi connectivity index (χ0v) is 17.5. The molecule has 25 heavy (non-hydrogen) atoms.